The lowest BCUT2D eigenvalue weighted by Crippen LogP contribution is -2.40. The number of hydrogen-bond acceptors (Lipinski definition) is 4. The molecule has 1 atom stereocenters. The van der Waals surface area contributed by atoms with Crippen molar-refractivity contribution in [1.82, 2.24) is 15.1 Å². The van der Waals surface area contributed by atoms with Crippen molar-refractivity contribution >= 4 is 0 Å². The molecule has 1 N–H and O–H groups in total. The molecule has 1 unspecified atom stereocenters. The number of nitrogens with zero attached hydrogens (tertiary/aromatic N) is 3. The average molecular weight is 224 g/mol. The Balaban J connectivity index is 2.10. The summed E-state index contributed by atoms with van der Waals surface area (Å²) in [5, 5.41) is 12.4. The highest BCUT2D eigenvalue weighted by Crippen LogP contribution is 2.19. The van der Waals surface area contributed by atoms with Crippen LogP contribution in [-0.4, -0.2) is 62.7 Å². The molecule has 0 radical (unpaired) electrons. The summed E-state index contributed by atoms with van der Waals surface area (Å²) in [6, 6.07) is 2.95. The molecule has 0 saturated heterocycles. The van der Waals surface area contributed by atoms with E-state index in [4.69, 9.17) is 5.26 Å². The van der Waals surface area contributed by atoms with Gasteiger partial charge in [0.15, 0.2) is 0 Å². The summed E-state index contributed by atoms with van der Waals surface area (Å²) in [5.41, 5.74) is 0. The highest BCUT2D eigenvalue weighted by molar-refractivity contribution is 4.97. The fourth-order valence-electron chi connectivity index (χ4n) is 1.73. The quantitative estimate of drug-likeness (QED) is 0.652. The van der Waals surface area contributed by atoms with Gasteiger partial charge in [0.25, 0.3) is 0 Å². The van der Waals surface area contributed by atoms with E-state index in [1.165, 1.54) is 12.8 Å². The van der Waals surface area contributed by atoms with E-state index >= 15 is 0 Å². The van der Waals surface area contributed by atoms with Gasteiger partial charge in [-0.2, -0.15) is 5.26 Å². The van der Waals surface area contributed by atoms with Gasteiger partial charge in [-0.25, -0.2) is 0 Å². The Morgan fingerprint density at radius 2 is 2.00 bits per heavy atom. The largest absolute Gasteiger partial charge is 0.309 e. The van der Waals surface area contributed by atoms with Crippen molar-refractivity contribution in [1.29, 1.82) is 5.26 Å². The minimum atomic E-state index is -0.00291. The molecule has 92 valence electrons. The summed E-state index contributed by atoms with van der Waals surface area (Å²) in [7, 11) is 6.27. The van der Waals surface area contributed by atoms with Crippen LogP contribution >= 0.6 is 0 Å². The van der Waals surface area contributed by atoms with E-state index < -0.39 is 0 Å². The lowest BCUT2D eigenvalue weighted by Gasteiger charge is -2.21. The van der Waals surface area contributed by atoms with E-state index in [9.17, 15) is 0 Å². The molecule has 0 aromatic rings. The van der Waals surface area contributed by atoms with E-state index in [1.54, 1.807) is 0 Å². The highest BCUT2D eigenvalue weighted by Gasteiger charge is 2.24. The molecule has 4 nitrogen and oxygen atoms in total. The molecule has 1 saturated carbocycles. The van der Waals surface area contributed by atoms with Gasteiger partial charge in [0.2, 0.25) is 0 Å². The third kappa shape index (κ3) is 6.06. The van der Waals surface area contributed by atoms with Crippen LogP contribution in [0.2, 0.25) is 0 Å². The maximum Gasteiger partial charge on any atom is 0.108 e. The van der Waals surface area contributed by atoms with Crippen LogP contribution in [0, 0.1) is 11.3 Å². The Morgan fingerprint density at radius 1 is 1.31 bits per heavy atom. The van der Waals surface area contributed by atoms with Crippen molar-refractivity contribution in [2.45, 2.75) is 31.3 Å². The second-order valence-electron chi connectivity index (χ2n) is 5.04. The van der Waals surface area contributed by atoms with Crippen molar-refractivity contribution in [2.24, 2.45) is 0 Å². The Hall–Kier alpha value is -0.630. The van der Waals surface area contributed by atoms with Crippen LogP contribution in [0.25, 0.3) is 0 Å². The maximum atomic E-state index is 9.02. The molecule has 0 aromatic heterocycles. The fourth-order valence-corrected chi connectivity index (χ4v) is 1.73. The van der Waals surface area contributed by atoms with Crippen LogP contribution in [0.1, 0.15) is 19.3 Å². The number of rotatable bonds is 8. The minimum Gasteiger partial charge on any atom is -0.309 e. The molecule has 0 bridgehead atoms. The summed E-state index contributed by atoms with van der Waals surface area (Å²) in [6.07, 6.45) is 3.64. The first kappa shape index (κ1) is 13.4. The maximum absolute atomic E-state index is 9.02. The molecule has 0 spiro atoms. The molecule has 0 aliphatic heterocycles. The summed E-state index contributed by atoms with van der Waals surface area (Å²) in [5.74, 6) is 0. The normalized spacial score (nSPS) is 17.8. The molecule has 0 aromatic carbocycles. The van der Waals surface area contributed by atoms with Crippen LogP contribution in [0.5, 0.6) is 0 Å². The third-order valence-corrected chi connectivity index (χ3v) is 2.81. The molecular formula is C12H24N4. The highest BCUT2D eigenvalue weighted by atomic mass is 15.1. The predicted molar refractivity (Wildman–Crippen MR) is 66.2 cm³/mol. The van der Waals surface area contributed by atoms with Gasteiger partial charge in [0.05, 0.1) is 6.07 Å². The molecule has 4 heteroatoms. The van der Waals surface area contributed by atoms with Gasteiger partial charge in [0.1, 0.15) is 6.04 Å². The van der Waals surface area contributed by atoms with Crippen LogP contribution < -0.4 is 5.32 Å². The van der Waals surface area contributed by atoms with E-state index in [1.807, 2.05) is 0 Å². The SMILES string of the molecule is CN(C)CCCN(C)CC(C#N)NC1CC1. The topological polar surface area (TPSA) is 42.3 Å². The summed E-state index contributed by atoms with van der Waals surface area (Å²) < 4.78 is 0. The van der Waals surface area contributed by atoms with Crippen LogP contribution in [-0.2, 0) is 0 Å². The lowest BCUT2D eigenvalue weighted by molar-refractivity contribution is 0.285. The summed E-state index contributed by atoms with van der Waals surface area (Å²) in [6.45, 7) is 3.00. The molecule has 16 heavy (non-hydrogen) atoms. The van der Waals surface area contributed by atoms with Gasteiger partial charge in [-0.1, -0.05) is 0 Å². The Bertz CT molecular complexity index is 230. The van der Waals surface area contributed by atoms with Gasteiger partial charge in [-0.15, -0.1) is 0 Å². The van der Waals surface area contributed by atoms with E-state index in [2.05, 4.69) is 42.3 Å². The van der Waals surface area contributed by atoms with Gasteiger partial charge < -0.3 is 9.80 Å². The molecule has 1 aliphatic rings. The van der Waals surface area contributed by atoms with E-state index in [-0.39, 0.29) is 6.04 Å². The third-order valence-electron chi connectivity index (χ3n) is 2.81. The first-order valence-electron chi connectivity index (χ1n) is 6.10. The number of hydrogen-bond donors (Lipinski definition) is 1. The first-order valence-corrected chi connectivity index (χ1v) is 6.10. The van der Waals surface area contributed by atoms with Gasteiger partial charge in [-0.05, 0) is 53.5 Å². The monoisotopic (exact) mass is 224 g/mol. The van der Waals surface area contributed by atoms with Gasteiger partial charge in [-0.3, -0.25) is 5.32 Å². The minimum absolute atomic E-state index is 0.00291. The lowest BCUT2D eigenvalue weighted by atomic mass is 10.3. The first-order chi connectivity index (χ1) is 7.61. The second kappa shape index (κ2) is 6.85. The van der Waals surface area contributed by atoms with E-state index in [0.717, 1.165) is 26.1 Å². The van der Waals surface area contributed by atoms with Crippen molar-refractivity contribution in [3.63, 3.8) is 0 Å². The predicted octanol–water partition coefficient (Wildman–Crippen LogP) is 0.514. The van der Waals surface area contributed by atoms with Gasteiger partial charge >= 0.3 is 0 Å². The Labute approximate surface area is 99.2 Å². The zero-order valence-corrected chi connectivity index (χ0v) is 10.7. The second-order valence-corrected chi connectivity index (χ2v) is 5.04. The van der Waals surface area contributed by atoms with E-state index in [0.29, 0.717) is 6.04 Å². The molecule has 1 rings (SSSR count). The average Bonchev–Trinajstić information content (AvgIpc) is 3.00. The molecule has 1 fully saturated rings. The number of nitrogens with one attached hydrogen (secondary N) is 1. The summed E-state index contributed by atoms with van der Waals surface area (Å²) in [4.78, 5) is 4.44. The Kier molecular flexibility index (Phi) is 5.75. The van der Waals surface area contributed by atoms with Crippen molar-refractivity contribution in [3.05, 3.63) is 0 Å². The zero-order chi connectivity index (χ0) is 12.0. The smallest absolute Gasteiger partial charge is 0.108 e. The number of nitriles is 1. The van der Waals surface area contributed by atoms with Crippen LogP contribution in [0.4, 0.5) is 0 Å². The van der Waals surface area contributed by atoms with Crippen molar-refractivity contribution in [3.8, 4) is 6.07 Å². The van der Waals surface area contributed by atoms with Crippen LogP contribution in [0.3, 0.4) is 0 Å². The standard InChI is InChI=1S/C12H24N4/c1-15(2)7-4-8-16(3)10-12(9-13)14-11-5-6-11/h11-12,14H,4-8,10H2,1-3H3. The van der Waals surface area contributed by atoms with Crippen molar-refractivity contribution in [2.75, 3.05) is 40.8 Å². The van der Waals surface area contributed by atoms with Gasteiger partial charge in [0, 0.05) is 12.6 Å². The Morgan fingerprint density at radius 3 is 2.50 bits per heavy atom. The summed E-state index contributed by atoms with van der Waals surface area (Å²) >= 11 is 0. The number of likely N-dealkylation sites (N-methyl/N-ethyl adjacent to an activating group) is 1. The molecule has 0 heterocycles. The molecule has 0 amide bonds. The fraction of sp³-hybridized carbons (Fsp3) is 0.917. The van der Waals surface area contributed by atoms with Crippen molar-refractivity contribution < 1.29 is 0 Å². The zero-order valence-electron chi connectivity index (χ0n) is 10.7. The van der Waals surface area contributed by atoms with Crippen LogP contribution in [0.15, 0.2) is 0 Å². The molecule has 1 aliphatic carbocycles. The molecular weight excluding hydrogens is 200 g/mol.